The molecule has 8 heteroatoms. The van der Waals surface area contributed by atoms with Gasteiger partial charge in [-0.3, -0.25) is 9.59 Å². The van der Waals surface area contributed by atoms with E-state index in [9.17, 15) is 9.59 Å². The second-order valence-electron chi connectivity index (χ2n) is 7.96. The Morgan fingerprint density at radius 2 is 1.80 bits per heavy atom. The van der Waals surface area contributed by atoms with Crippen LogP contribution in [0.2, 0.25) is 0 Å². The summed E-state index contributed by atoms with van der Waals surface area (Å²) in [5, 5.41) is 7.59. The summed E-state index contributed by atoms with van der Waals surface area (Å²) in [6, 6.07) is 13.5. The van der Waals surface area contributed by atoms with Gasteiger partial charge in [0.25, 0.3) is 5.91 Å². The molecule has 154 valence electrons. The fourth-order valence-corrected chi connectivity index (χ4v) is 4.81. The Balaban J connectivity index is 1.35. The number of hydrogen-bond acceptors (Lipinski definition) is 5. The smallest absolute Gasteiger partial charge is 0.289 e. The summed E-state index contributed by atoms with van der Waals surface area (Å²) in [4.78, 5) is 29.8. The zero-order chi connectivity index (χ0) is 20.5. The molecule has 2 amide bonds. The molecule has 5 rings (SSSR count). The number of nitrogens with zero attached hydrogens (tertiary/aromatic N) is 5. The van der Waals surface area contributed by atoms with Gasteiger partial charge in [-0.05, 0) is 17.7 Å². The zero-order valence-electron chi connectivity index (χ0n) is 16.5. The average molecular weight is 405 g/mol. The van der Waals surface area contributed by atoms with Crippen LogP contribution in [0.15, 0.2) is 65.8 Å². The maximum absolute atomic E-state index is 13.1. The monoisotopic (exact) mass is 405 g/mol. The number of fused-ring (bicyclic) bond motifs is 1. The molecule has 3 atom stereocenters. The van der Waals surface area contributed by atoms with Crippen LogP contribution in [0.25, 0.3) is 0 Å². The third kappa shape index (κ3) is 3.38. The van der Waals surface area contributed by atoms with Crippen molar-refractivity contribution in [2.45, 2.75) is 19.0 Å². The molecule has 30 heavy (non-hydrogen) atoms. The number of benzene rings is 1. The molecule has 3 aromatic rings. The van der Waals surface area contributed by atoms with Crippen molar-refractivity contribution in [2.75, 3.05) is 19.6 Å². The number of hydrogen-bond donors (Lipinski definition) is 0. The number of aromatic nitrogens is 3. The van der Waals surface area contributed by atoms with E-state index in [-0.39, 0.29) is 29.7 Å². The minimum atomic E-state index is -0.0771. The van der Waals surface area contributed by atoms with Crippen molar-refractivity contribution >= 4 is 11.8 Å². The number of likely N-dealkylation sites (tertiary alicyclic amines) is 2. The van der Waals surface area contributed by atoms with Crippen LogP contribution in [-0.4, -0.2) is 56.0 Å². The van der Waals surface area contributed by atoms with Gasteiger partial charge in [-0.25, -0.2) is 0 Å². The zero-order valence-corrected chi connectivity index (χ0v) is 16.5. The lowest BCUT2D eigenvalue weighted by Gasteiger charge is -2.30. The number of aryl methyl sites for hydroxylation is 1. The predicted octanol–water partition coefficient (Wildman–Crippen LogP) is 2.23. The molecule has 8 nitrogen and oxygen atoms in total. The molecular formula is C22H23N5O3. The molecule has 2 aliphatic rings. The Kier molecular flexibility index (Phi) is 4.82. The molecule has 0 bridgehead atoms. The van der Waals surface area contributed by atoms with E-state index in [2.05, 4.69) is 22.3 Å². The van der Waals surface area contributed by atoms with Crippen LogP contribution in [0, 0.1) is 11.8 Å². The number of amides is 2. The first kappa shape index (κ1) is 18.6. The molecule has 0 unspecified atom stereocenters. The minimum absolute atomic E-state index is 0.0287. The number of carbonyl (C=O) groups excluding carboxylic acids is 2. The Bertz CT molecular complexity index is 1000. The SMILES string of the molecule is O=C(c1ccco1)N1C[C@H]2CN(C(=O)CCn3cnnc3)[C@H](c3ccccc3)[C@H]2C1. The van der Waals surface area contributed by atoms with E-state index < -0.39 is 0 Å². The van der Waals surface area contributed by atoms with Gasteiger partial charge in [0, 0.05) is 44.4 Å². The van der Waals surface area contributed by atoms with Gasteiger partial charge in [0.05, 0.1) is 12.3 Å². The van der Waals surface area contributed by atoms with Gasteiger partial charge in [-0.1, -0.05) is 30.3 Å². The average Bonchev–Trinajstić information content (AvgIpc) is 3.56. The normalized spacial score (nSPS) is 23.0. The molecule has 4 heterocycles. The van der Waals surface area contributed by atoms with Gasteiger partial charge in [0.1, 0.15) is 12.7 Å². The van der Waals surface area contributed by atoms with Gasteiger partial charge >= 0.3 is 0 Å². The molecule has 2 aliphatic heterocycles. The number of carbonyl (C=O) groups is 2. The second-order valence-corrected chi connectivity index (χ2v) is 7.96. The van der Waals surface area contributed by atoms with Gasteiger partial charge in [0.2, 0.25) is 5.91 Å². The Labute approximate surface area is 174 Å². The van der Waals surface area contributed by atoms with Gasteiger partial charge in [0.15, 0.2) is 5.76 Å². The first-order valence-corrected chi connectivity index (χ1v) is 10.2. The lowest BCUT2D eigenvalue weighted by atomic mass is 9.89. The maximum Gasteiger partial charge on any atom is 0.289 e. The van der Waals surface area contributed by atoms with Gasteiger partial charge < -0.3 is 18.8 Å². The van der Waals surface area contributed by atoms with E-state index in [0.29, 0.717) is 38.4 Å². The quantitative estimate of drug-likeness (QED) is 0.650. The van der Waals surface area contributed by atoms with Crippen molar-refractivity contribution in [1.29, 1.82) is 0 Å². The van der Waals surface area contributed by atoms with E-state index in [1.165, 1.54) is 6.26 Å². The van der Waals surface area contributed by atoms with Crippen molar-refractivity contribution in [3.8, 4) is 0 Å². The van der Waals surface area contributed by atoms with Crippen molar-refractivity contribution in [2.24, 2.45) is 11.8 Å². The summed E-state index contributed by atoms with van der Waals surface area (Å²) in [6.07, 6.45) is 5.17. The van der Waals surface area contributed by atoms with Crippen LogP contribution < -0.4 is 0 Å². The number of furan rings is 1. The predicted molar refractivity (Wildman–Crippen MR) is 107 cm³/mol. The van der Waals surface area contributed by atoms with Crippen LogP contribution in [-0.2, 0) is 11.3 Å². The molecule has 0 spiro atoms. The Morgan fingerprint density at radius 1 is 1.00 bits per heavy atom. The summed E-state index contributed by atoms with van der Waals surface area (Å²) in [5.41, 5.74) is 1.12. The van der Waals surface area contributed by atoms with E-state index in [0.717, 1.165) is 5.56 Å². The summed E-state index contributed by atoms with van der Waals surface area (Å²) in [5.74, 6) is 0.883. The van der Waals surface area contributed by atoms with Crippen molar-refractivity contribution in [3.05, 3.63) is 72.7 Å². The first-order chi connectivity index (χ1) is 14.7. The molecule has 0 aliphatic carbocycles. The van der Waals surface area contributed by atoms with Gasteiger partial charge in [-0.15, -0.1) is 10.2 Å². The highest BCUT2D eigenvalue weighted by atomic mass is 16.3. The Morgan fingerprint density at radius 3 is 2.53 bits per heavy atom. The fourth-order valence-electron chi connectivity index (χ4n) is 4.81. The molecule has 0 N–H and O–H groups in total. The molecule has 2 saturated heterocycles. The lowest BCUT2D eigenvalue weighted by Crippen LogP contribution is -2.37. The molecule has 2 aromatic heterocycles. The van der Waals surface area contributed by atoms with E-state index in [4.69, 9.17) is 4.42 Å². The molecular weight excluding hydrogens is 382 g/mol. The van der Waals surface area contributed by atoms with Gasteiger partial charge in [-0.2, -0.15) is 0 Å². The highest BCUT2D eigenvalue weighted by molar-refractivity contribution is 5.91. The summed E-state index contributed by atoms with van der Waals surface area (Å²) >= 11 is 0. The minimum Gasteiger partial charge on any atom is -0.459 e. The van der Waals surface area contributed by atoms with Crippen LogP contribution in [0.1, 0.15) is 28.6 Å². The second kappa shape index (κ2) is 7.78. The van der Waals surface area contributed by atoms with Crippen molar-refractivity contribution in [1.82, 2.24) is 24.6 Å². The highest BCUT2D eigenvalue weighted by Crippen LogP contribution is 2.45. The van der Waals surface area contributed by atoms with E-state index >= 15 is 0 Å². The summed E-state index contributed by atoms with van der Waals surface area (Å²) in [7, 11) is 0. The summed E-state index contributed by atoms with van der Waals surface area (Å²) in [6.45, 7) is 2.48. The summed E-state index contributed by atoms with van der Waals surface area (Å²) < 4.78 is 7.12. The fraction of sp³-hybridized carbons (Fsp3) is 0.364. The lowest BCUT2D eigenvalue weighted by molar-refractivity contribution is -0.133. The van der Waals surface area contributed by atoms with Crippen LogP contribution in [0.3, 0.4) is 0 Å². The topological polar surface area (TPSA) is 84.5 Å². The van der Waals surface area contributed by atoms with Crippen molar-refractivity contribution in [3.63, 3.8) is 0 Å². The van der Waals surface area contributed by atoms with E-state index in [1.54, 1.807) is 24.8 Å². The molecule has 1 aromatic carbocycles. The van der Waals surface area contributed by atoms with Crippen LogP contribution in [0.4, 0.5) is 0 Å². The highest BCUT2D eigenvalue weighted by Gasteiger charge is 2.50. The third-order valence-electron chi connectivity index (χ3n) is 6.20. The number of rotatable bonds is 5. The van der Waals surface area contributed by atoms with Crippen molar-refractivity contribution < 1.29 is 14.0 Å². The van der Waals surface area contributed by atoms with Crippen LogP contribution in [0.5, 0.6) is 0 Å². The first-order valence-electron chi connectivity index (χ1n) is 10.2. The van der Waals surface area contributed by atoms with Crippen LogP contribution >= 0.6 is 0 Å². The van der Waals surface area contributed by atoms with E-state index in [1.807, 2.05) is 32.6 Å². The molecule has 0 saturated carbocycles. The largest absolute Gasteiger partial charge is 0.459 e. The molecule has 2 fully saturated rings. The maximum atomic E-state index is 13.1. The third-order valence-corrected chi connectivity index (χ3v) is 6.20. The standard InChI is InChI=1S/C22H23N5O3/c28-20(8-9-25-14-23-24-15-25)27-12-17-11-26(22(29)19-7-4-10-30-19)13-18(17)21(27)16-5-2-1-3-6-16/h1-7,10,14-15,17-18,21H,8-9,11-13H2/t17-,18-,21+/m0/s1. The molecule has 0 radical (unpaired) electrons. The Hall–Kier alpha value is -3.42.